The van der Waals surface area contributed by atoms with Crippen LogP contribution in [0.3, 0.4) is 0 Å². The predicted octanol–water partition coefficient (Wildman–Crippen LogP) is 3.25. The van der Waals surface area contributed by atoms with E-state index in [1.807, 2.05) is 13.8 Å². The minimum atomic E-state index is 0.201. The summed E-state index contributed by atoms with van der Waals surface area (Å²) in [4.78, 5) is 21.5. The minimum absolute atomic E-state index is 0.201. The molecule has 154 valence electrons. The van der Waals surface area contributed by atoms with Gasteiger partial charge in [0.1, 0.15) is 17.9 Å². The second-order valence-electron chi connectivity index (χ2n) is 7.70. The van der Waals surface area contributed by atoms with Crippen LogP contribution in [-0.2, 0) is 22.7 Å². The number of fused-ring (bicyclic) bond motifs is 1. The number of hydrogen-bond donors (Lipinski definition) is 2. The van der Waals surface area contributed by atoms with Crippen molar-refractivity contribution in [3.05, 3.63) is 17.1 Å². The maximum absolute atomic E-state index is 12.3. The topological polar surface area (TPSA) is 95.1 Å². The van der Waals surface area contributed by atoms with E-state index in [1.54, 1.807) is 0 Å². The van der Waals surface area contributed by atoms with Crippen molar-refractivity contribution >= 4 is 22.8 Å². The molecule has 0 atom stereocenters. The Balaban J connectivity index is 1.70. The summed E-state index contributed by atoms with van der Waals surface area (Å²) in [5.74, 6) is 1.73. The molecule has 1 aliphatic carbocycles. The number of hydrogen-bond acceptors (Lipinski definition) is 5. The van der Waals surface area contributed by atoms with Crippen molar-refractivity contribution in [2.75, 3.05) is 18.9 Å². The average molecular weight is 388 g/mol. The lowest BCUT2D eigenvalue weighted by Crippen LogP contribution is -2.33. The van der Waals surface area contributed by atoms with E-state index in [-0.39, 0.29) is 11.8 Å². The van der Waals surface area contributed by atoms with E-state index in [1.165, 1.54) is 19.3 Å². The first-order valence-electron chi connectivity index (χ1n) is 10.5. The van der Waals surface area contributed by atoms with Crippen molar-refractivity contribution in [3.63, 3.8) is 0 Å². The highest BCUT2D eigenvalue weighted by atomic mass is 16.5. The smallest absolute Gasteiger partial charge is 0.223 e. The van der Waals surface area contributed by atoms with Crippen LogP contribution in [0.4, 0.5) is 5.82 Å². The Labute approximate surface area is 167 Å². The lowest BCUT2D eigenvalue weighted by molar-refractivity contribution is -0.125. The number of anilines is 1. The minimum Gasteiger partial charge on any atom is -0.382 e. The molecule has 7 nitrogen and oxygen atoms in total. The van der Waals surface area contributed by atoms with Gasteiger partial charge < -0.3 is 20.4 Å². The van der Waals surface area contributed by atoms with Crippen molar-refractivity contribution in [2.24, 2.45) is 5.92 Å². The van der Waals surface area contributed by atoms with E-state index in [2.05, 4.69) is 21.8 Å². The number of aromatic nitrogens is 3. The molecule has 0 aliphatic heterocycles. The first-order chi connectivity index (χ1) is 13.5. The second kappa shape index (κ2) is 9.37. The first-order valence-corrected chi connectivity index (χ1v) is 10.5. The molecule has 1 saturated carbocycles. The zero-order chi connectivity index (χ0) is 20.1. The number of carbonyl (C=O) groups excluding carboxylic acids is 1. The number of amides is 1. The maximum Gasteiger partial charge on any atom is 0.223 e. The van der Waals surface area contributed by atoms with E-state index >= 15 is 0 Å². The molecule has 0 saturated heterocycles. The summed E-state index contributed by atoms with van der Waals surface area (Å²) in [5, 5.41) is 3.12. The summed E-state index contributed by atoms with van der Waals surface area (Å²) >= 11 is 0. The molecule has 2 heterocycles. The van der Waals surface area contributed by atoms with Crippen LogP contribution in [0.2, 0.25) is 0 Å². The Morgan fingerprint density at radius 2 is 2.00 bits per heavy atom. The van der Waals surface area contributed by atoms with Crippen molar-refractivity contribution in [3.8, 4) is 0 Å². The van der Waals surface area contributed by atoms with Gasteiger partial charge in [-0.3, -0.25) is 4.79 Å². The molecule has 0 unspecified atom stereocenters. The van der Waals surface area contributed by atoms with Gasteiger partial charge in [-0.05, 0) is 45.6 Å². The fourth-order valence-electron chi connectivity index (χ4n) is 4.05. The van der Waals surface area contributed by atoms with Gasteiger partial charge in [0.15, 0.2) is 5.82 Å². The standard InChI is InChI=1S/C21H33N5O2/c1-4-28-13-17-25-18-19(14(2)15(3)24-20(18)22)26(17)12-8-11-23-21(27)16-9-6-5-7-10-16/h16H,4-13H2,1-3H3,(H2,22,24)(H,23,27). The molecule has 1 fully saturated rings. The quantitative estimate of drug-likeness (QED) is 0.678. The molecule has 2 aromatic heterocycles. The highest BCUT2D eigenvalue weighted by Crippen LogP contribution is 2.27. The van der Waals surface area contributed by atoms with Gasteiger partial charge in [0.25, 0.3) is 0 Å². The Morgan fingerprint density at radius 1 is 1.25 bits per heavy atom. The third kappa shape index (κ3) is 4.46. The normalized spacial score (nSPS) is 15.2. The number of aryl methyl sites for hydroxylation is 3. The summed E-state index contributed by atoms with van der Waals surface area (Å²) in [6.45, 7) is 8.49. The Bertz CT molecular complexity index is 824. The van der Waals surface area contributed by atoms with Crippen molar-refractivity contribution in [1.82, 2.24) is 19.9 Å². The van der Waals surface area contributed by atoms with Gasteiger partial charge in [0.05, 0.1) is 5.52 Å². The molecule has 2 aromatic rings. The van der Waals surface area contributed by atoms with Crippen LogP contribution in [0, 0.1) is 19.8 Å². The van der Waals surface area contributed by atoms with Gasteiger partial charge in [0.2, 0.25) is 5.91 Å². The lowest BCUT2D eigenvalue weighted by Gasteiger charge is -2.20. The molecule has 3 N–H and O–H groups in total. The third-order valence-electron chi connectivity index (χ3n) is 5.74. The summed E-state index contributed by atoms with van der Waals surface area (Å²) in [7, 11) is 0. The Kier molecular flexibility index (Phi) is 6.88. The predicted molar refractivity (Wildman–Crippen MR) is 111 cm³/mol. The number of nitrogens with zero attached hydrogens (tertiary/aromatic N) is 3. The van der Waals surface area contributed by atoms with E-state index in [9.17, 15) is 4.79 Å². The highest BCUT2D eigenvalue weighted by Gasteiger charge is 2.21. The Morgan fingerprint density at radius 3 is 2.71 bits per heavy atom. The molecule has 0 bridgehead atoms. The zero-order valence-corrected chi connectivity index (χ0v) is 17.4. The van der Waals surface area contributed by atoms with Crippen LogP contribution in [0.1, 0.15) is 62.5 Å². The largest absolute Gasteiger partial charge is 0.382 e. The van der Waals surface area contributed by atoms with E-state index in [0.717, 1.165) is 53.9 Å². The van der Waals surface area contributed by atoms with Crippen LogP contribution in [0.15, 0.2) is 0 Å². The molecule has 28 heavy (non-hydrogen) atoms. The molecule has 0 aromatic carbocycles. The average Bonchev–Trinajstić information content (AvgIpc) is 3.07. The fraction of sp³-hybridized carbons (Fsp3) is 0.667. The van der Waals surface area contributed by atoms with Crippen LogP contribution in [0.25, 0.3) is 11.0 Å². The van der Waals surface area contributed by atoms with E-state index in [4.69, 9.17) is 15.5 Å². The summed E-state index contributed by atoms with van der Waals surface area (Å²) in [6.07, 6.45) is 6.51. The molecule has 0 radical (unpaired) electrons. The maximum atomic E-state index is 12.3. The monoisotopic (exact) mass is 387 g/mol. The van der Waals surface area contributed by atoms with E-state index in [0.29, 0.717) is 25.6 Å². The summed E-state index contributed by atoms with van der Waals surface area (Å²) in [6, 6.07) is 0. The first kappa shape index (κ1) is 20.6. The summed E-state index contributed by atoms with van der Waals surface area (Å²) in [5.41, 5.74) is 9.90. The molecule has 1 aliphatic rings. The molecular formula is C21H33N5O2. The van der Waals surface area contributed by atoms with E-state index < -0.39 is 0 Å². The SMILES string of the molecule is CCOCc1nc2c(N)nc(C)c(C)c2n1CCCNC(=O)C1CCCCC1. The number of imidazole rings is 1. The van der Waals surface area contributed by atoms with Gasteiger partial charge in [-0.25, -0.2) is 9.97 Å². The van der Waals surface area contributed by atoms with Crippen molar-refractivity contribution < 1.29 is 9.53 Å². The number of nitrogens with one attached hydrogen (secondary N) is 1. The van der Waals surface area contributed by atoms with Crippen LogP contribution in [0.5, 0.6) is 0 Å². The lowest BCUT2D eigenvalue weighted by atomic mass is 9.89. The highest BCUT2D eigenvalue weighted by molar-refractivity contribution is 5.88. The molecule has 3 rings (SSSR count). The van der Waals surface area contributed by atoms with Crippen molar-refractivity contribution in [2.45, 2.75) is 72.4 Å². The fourth-order valence-corrected chi connectivity index (χ4v) is 4.05. The van der Waals surface area contributed by atoms with Gasteiger partial charge in [-0.1, -0.05) is 19.3 Å². The third-order valence-corrected chi connectivity index (χ3v) is 5.74. The van der Waals surface area contributed by atoms with Gasteiger partial charge in [-0.15, -0.1) is 0 Å². The Hall–Kier alpha value is -2.15. The molecule has 0 spiro atoms. The number of nitrogen functional groups attached to an aromatic ring is 1. The number of carbonyl (C=O) groups is 1. The molecule has 1 amide bonds. The molecular weight excluding hydrogens is 354 g/mol. The number of nitrogens with two attached hydrogens (primary N) is 1. The number of rotatable bonds is 8. The second-order valence-corrected chi connectivity index (χ2v) is 7.70. The zero-order valence-electron chi connectivity index (χ0n) is 17.4. The van der Waals surface area contributed by atoms with Gasteiger partial charge in [-0.2, -0.15) is 0 Å². The summed E-state index contributed by atoms with van der Waals surface area (Å²) < 4.78 is 7.79. The number of ether oxygens (including phenoxy) is 1. The van der Waals surface area contributed by atoms with Crippen LogP contribution < -0.4 is 11.1 Å². The van der Waals surface area contributed by atoms with Gasteiger partial charge in [0, 0.05) is 31.3 Å². The van der Waals surface area contributed by atoms with Crippen molar-refractivity contribution in [1.29, 1.82) is 0 Å². The molecule has 7 heteroatoms. The number of pyridine rings is 1. The van der Waals surface area contributed by atoms with Crippen LogP contribution >= 0.6 is 0 Å². The van der Waals surface area contributed by atoms with Gasteiger partial charge >= 0.3 is 0 Å². The van der Waals surface area contributed by atoms with Crippen LogP contribution in [-0.4, -0.2) is 33.6 Å².